The molecule has 0 saturated heterocycles. The largest absolute Gasteiger partial charge is 0.360 e. The molecule has 1 nitrogen and oxygen atoms in total. The predicted molar refractivity (Wildman–Crippen MR) is 97.8 cm³/mol. The van der Waals surface area contributed by atoms with E-state index in [1.807, 2.05) is 0 Å². The summed E-state index contributed by atoms with van der Waals surface area (Å²) >= 11 is 0. The average molecular weight is 299 g/mol. The molecule has 0 aromatic heterocycles. The van der Waals surface area contributed by atoms with Crippen molar-refractivity contribution >= 4 is 5.69 Å². The van der Waals surface area contributed by atoms with Gasteiger partial charge in [0.15, 0.2) is 0 Å². The van der Waals surface area contributed by atoms with Crippen LogP contribution in [0.3, 0.4) is 0 Å². The Hall–Kier alpha value is -2.54. The minimum atomic E-state index is 0.294. The molecule has 1 unspecified atom stereocenters. The number of hydrogen-bond acceptors (Lipinski definition) is 1. The smallest absolute Gasteiger partial charge is 0.0802 e. The number of benzene rings is 3. The van der Waals surface area contributed by atoms with Gasteiger partial charge in [0.2, 0.25) is 0 Å². The third kappa shape index (κ3) is 2.33. The standard InChI is InChI=1S/C22H21N/c1-2-16-23-21-15-9-8-13-19(21)18-12-6-7-14-20(18)22(23)17-10-4-3-5-11-17/h3-15,22H,2,16H2,1H3. The summed E-state index contributed by atoms with van der Waals surface area (Å²) in [7, 11) is 0. The topological polar surface area (TPSA) is 3.24 Å². The highest BCUT2D eigenvalue weighted by Crippen LogP contribution is 2.46. The summed E-state index contributed by atoms with van der Waals surface area (Å²) in [5.74, 6) is 0. The Balaban J connectivity index is 1.97. The van der Waals surface area contributed by atoms with Crippen LogP contribution in [0.25, 0.3) is 11.1 Å². The predicted octanol–water partition coefficient (Wildman–Crippen LogP) is 5.67. The highest BCUT2D eigenvalue weighted by atomic mass is 15.2. The zero-order valence-electron chi connectivity index (χ0n) is 13.4. The van der Waals surface area contributed by atoms with Crippen LogP contribution in [0.2, 0.25) is 0 Å². The first-order valence-electron chi connectivity index (χ1n) is 8.40. The van der Waals surface area contributed by atoms with Crippen molar-refractivity contribution in [2.75, 3.05) is 11.4 Å². The van der Waals surface area contributed by atoms with Gasteiger partial charge in [-0.15, -0.1) is 0 Å². The number of hydrogen-bond donors (Lipinski definition) is 0. The lowest BCUT2D eigenvalue weighted by Gasteiger charge is -2.40. The van der Waals surface area contributed by atoms with Crippen molar-refractivity contribution in [2.24, 2.45) is 0 Å². The first-order valence-corrected chi connectivity index (χ1v) is 8.40. The van der Waals surface area contributed by atoms with Crippen molar-refractivity contribution in [3.05, 3.63) is 90.0 Å². The van der Waals surface area contributed by atoms with Gasteiger partial charge in [-0.3, -0.25) is 0 Å². The zero-order valence-corrected chi connectivity index (χ0v) is 13.4. The summed E-state index contributed by atoms with van der Waals surface area (Å²) in [6.07, 6.45) is 1.14. The Morgan fingerprint density at radius 3 is 2.17 bits per heavy atom. The highest BCUT2D eigenvalue weighted by molar-refractivity contribution is 5.85. The van der Waals surface area contributed by atoms with Gasteiger partial charge < -0.3 is 4.90 Å². The van der Waals surface area contributed by atoms with Gasteiger partial charge in [0.1, 0.15) is 0 Å². The number of nitrogens with zero attached hydrogens (tertiary/aromatic N) is 1. The van der Waals surface area contributed by atoms with Crippen LogP contribution in [-0.2, 0) is 0 Å². The molecule has 1 atom stereocenters. The van der Waals surface area contributed by atoms with Gasteiger partial charge in [0.05, 0.1) is 6.04 Å². The number of fused-ring (bicyclic) bond motifs is 3. The van der Waals surface area contributed by atoms with Crippen LogP contribution < -0.4 is 4.90 Å². The minimum absolute atomic E-state index is 0.294. The van der Waals surface area contributed by atoms with Gasteiger partial charge in [-0.2, -0.15) is 0 Å². The van der Waals surface area contributed by atoms with E-state index in [0.29, 0.717) is 6.04 Å². The first kappa shape index (κ1) is 14.1. The average Bonchev–Trinajstić information content (AvgIpc) is 2.63. The molecule has 1 aliphatic heterocycles. The summed E-state index contributed by atoms with van der Waals surface area (Å²) in [6.45, 7) is 3.32. The molecule has 1 heteroatoms. The third-order valence-electron chi connectivity index (χ3n) is 4.65. The zero-order chi connectivity index (χ0) is 15.6. The summed E-state index contributed by atoms with van der Waals surface area (Å²) < 4.78 is 0. The molecule has 0 spiro atoms. The molecule has 4 rings (SSSR count). The van der Waals surface area contributed by atoms with Crippen LogP contribution in [0.5, 0.6) is 0 Å². The van der Waals surface area contributed by atoms with E-state index < -0.39 is 0 Å². The molecule has 1 aliphatic rings. The molecule has 0 N–H and O–H groups in total. The minimum Gasteiger partial charge on any atom is -0.360 e. The van der Waals surface area contributed by atoms with E-state index in [1.165, 1.54) is 27.9 Å². The van der Waals surface area contributed by atoms with Crippen molar-refractivity contribution in [1.29, 1.82) is 0 Å². The van der Waals surface area contributed by atoms with Gasteiger partial charge in [-0.25, -0.2) is 0 Å². The molecule has 0 saturated carbocycles. The molecule has 23 heavy (non-hydrogen) atoms. The van der Waals surface area contributed by atoms with E-state index in [1.54, 1.807) is 0 Å². The Morgan fingerprint density at radius 1 is 0.739 bits per heavy atom. The molecule has 3 aromatic carbocycles. The molecular weight excluding hydrogens is 278 g/mol. The molecule has 114 valence electrons. The van der Waals surface area contributed by atoms with Gasteiger partial charge in [0, 0.05) is 17.8 Å². The number of para-hydroxylation sites is 1. The Labute approximate surface area is 138 Å². The SMILES string of the molecule is CCCN1c2ccccc2-c2ccccc2C1c1ccccc1. The fraction of sp³-hybridized carbons (Fsp3) is 0.182. The Morgan fingerprint density at radius 2 is 1.39 bits per heavy atom. The molecular formula is C22H21N. The lowest BCUT2D eigenvalue weighted by atomic mass is 9.85. The quantitative estimate of drug-likeness (QED) is 0.602. The molecule has 0 bridgehead atoms. The van der Waals surface area contributed by atoms with Gasteiger partial charge in [-0.05, 0) is 29.2 Å². The second-order valence-electron chi connectivity index (χ2n) is 6.11. The summed E-state index contributed by atoms with van der Waals surface area (Å²) in [5.41, 5.74) is 6.84. The van der Waals surface area contributed by atoms with E-state index in [4.69, 9.17) is 0 Å². The van der Waals surface area contributed by atoms with Crippen molar-refractivity contribution in [3.63, 3.8) is 0 Å². The van der Waals surface area contributed by atoms with Crippen molar-refractivity contribution < 1.29 is 0 Å². The maximum Gasteiger partial charge on any atom is 0.0802 e. The fourth-order valence-corrected chi connectivity index (χ4v) is 3.72. The third-order valence-corrected chi connectivity index (χ3v) is 4.65. The fourth-order valence-electron chi connectivity index (χ4n) is 3.72. The summed E-state index contributed by atoms with van der Waals surface area (Å²) in [5, 5.41) is 0. The van der Waals surface area contributed by atoms with Crippen LogP contribution >= 0.6 is 0 Å². The van der Waals surface area contributed by atoms with E-state index >= 15 is 0 Å². The maximum absolute atomic E-state index is 2.56. The second kappa shape index (κ2) is 5.92. The molecule has 3 aromatic rings. The van der Waals surface area contributed by atoms with Crippen LogP contribution in [0, 0.1) is 0 Å². The van der Waals surface area contributed by atoms with Crippen LogP contribution in [0.4, 0.5) is 5.69 Å². The van der Waals surface area contributed by atoms with Gasteiger partial charge in [-0.1, -0.05) is 79.7 Å². The Bertz CT molecular complexity index is 807. The van der Waals surface area contributed by atoms with Gasteiger partial charge >= 0.3 is 0 Å². The van der Waals surface area contributed by atoms with Crippen LogP contribution in [-0.4, -0.2) is 6.54 Å². The van der Waals surface area contributed by atoms with E-state index in [9.17, 15) is 0 Å². The number of rotatable bonds is 3. The van der Waals surface area contributed by atoms with E-state index in [2.05, 4.69) is 90.7 Å². The molecule has 1 heterocycles. The molecule has 0 aliphatic carbocycles. The maximum atomic E-state index is 2.56. The monoisotopic (exact) mass is 299 g/mol. The summed E-state index contributed by atoms with van der Waals surface area (Å²) in [4.78, 5) is 2.56. The highest BCUT2D eigenvalue weighted by Gasteiger charge is 2.30. The van der Waals surface area contributed by atoms with Crippen molar-refractivity contribution in [2.45, 2.75) is 19.4 Å². The van der Waals surface area contributed by atoms with E-state index in [-0.39, 0.29) is 0 Å². The van der Waals surface area contributed by atoms with Crippen molar-refractivity contribution in [1.82, 2.24) is 0 Å². The summed E-state index contributed by atoms with van der Waals surface area (Å²) in [6, 6.07) is 28.8. The molecule has 0 radical (unpaired) electrons. The molecule has 0 amide bonds. The van der Waals surface area contributed by atoms with Crippen molar-refractivity contribution in [3.8, 4) is 11.1 Å². The van der Waals surface area contributed by atoms with E-state index in [0.717, 1.165) is 13.0 Å². The normalized spacial score (nSPS) is 15.9. The second-order valence-corrected chi connectivity index (χ2v) is 6.11. The lowest BCUT2D eigenvalue weighted by Crippen LogP contribution is -2.33. The van der Waals surface area contributed by atoms with Crippen LogP contribution in [0.1, 0.15) is 30.5 Å². The lowest BCUT2D eigenvalue weighted by molar-refractivity contribution is 0.683. The Kier molecular flexibility index (Phi) is 3.63. The molecule has 0 fully saturated rings. The number of anilines is 1. The van der Waals surface area contributed by atoms with Crippen LogP contribution in [0.15, 0.2) is 78.9 Å². The van der Waals surface area contributed by atoms with Gasteiger partial charge in [0.25, 0.3) is 0 Å². The first-order chi connectivity index (χ1) is 11.4.